The fraction of sp³-hybridized carbons (Fsp3) is 0.531. The number of methoxy groups -OCH3 is 2. The summed E-state index contributed by atoms with van der Waals surface area (Å²) in [6, 6.07) is 18.4. The Bertz CT molecular complexity index is 1010. The van der Waals surface area contributed by atoms with Crippen LogP contribution in [0.4, 0.5) is 0 Å². The number of carbonyl (C=O) groups is 1. The quantitative estimate of drug-likeness (QED) is 0.138. The lowest BCUT2D eigenvalue weighted by Crippen LogP contribution is -2.47. The van der Waals surface area contributed by atoms with E-state index in [0.29, 0.717) is 6.61 Å². The number of esters is 1. The molecule has 0 radical (unpaired) electrons. The van der Waals surface area contributed by atoms with Crippen molar-refractivity contribution in [2.75, 3.05) is 14.2 Å². The molecule has 0 aliphatic rings. The van der Waals surface area contributed by atoms with Gasteiger partial charge < -0.3 is 18.6 Å². The van der Waals surface area contributed by atoms with E-state index in [1.807, 2.05) is 36.4 Å². The van der Waals surface area contributed by atoms with Gasteiger partial charge >= 0.3 is 5.97 Å². The highest BCUT2D eigenvalue weighted by Crippen LogP contribution is 2.40. The second-order valence-electron chi connectivity index (χ2n) is 11.7. The summed E-state index contributed by atoms with van der Waals surface area (Å²) in [5, 5.41) is 0.0893. The topological polar surface area (TPSA) is 54.0 Å². The Morgan fingerprint density at radius 3 is 2.26 bits per heavy atom. The lowest BCUT2D eigenvalue weighted by atomic mass is 9.88. The Morgan fingerprint density at radius 1 is 0.974 bits per heavy atom. The van der Waals surface area contributed by atoms with Crippen molar-refractivity contribution in [1.82, 2.24) is 0 Å². The number of benzene rings is 2. The SMILES string of the molecule is COC(=O)/C=C\[C@H](C)[C@H](O[Si](C)(C)C(C)(C)C)[C@@H](C)CC[C@H](OC)c1cccc(OCc2ccccc2)c1. The molecule has 2 rings (SSSR count). The van der Waals surface area contributed by atoms with Crippen molar-refractivity contribution in [2.24, 2.45) is 11.8 Å². The van der Waals surface area contributed by atoms with E-state index in [-0.39, 0.29) is 35.1 Å². The maximum absolute atomic E-state index is 11.8. The van der Waals surface area contributed by atoms with Gasteiger partial charge in [-0.15, -0.1) is 0 Å². The van der Waals surface area contributed by atoms with Crippen molar-refractivity contribution in [3.63, 3.8) is 0 Å². The molecule has 4 atom stereocenters. The Labute approximate surface area is 231 Å². The Balaban J connectivity index is 2.13. The number of ether oxygens (including phenoxy) is 3. The molecule has 2 aromatic carbocycles. The molecule has 0 heterocycles. The van der Waals surface area contributed by atoms with Gasteiger partial charge in [0.2, 0.25) is 0 Å². The summed E-state index contributed by atoms with van der Waals surface area (Å²) >= 11 is 0. The third kappa shape index (κ3) is 9.72. The summed E-state index contributed by atoms with van der Waals surface area (Å²) in [5.74, 6) is 0.817. The van der Waals surface area contributed by atoms with Crippen LogP contribution in [0.2, 0.25) is 18.1 Å². The standard InChI is InChI=1S/C32H48O5Si/c1-24(31(25(2)19-21-30(33)35-7)37-38(8,9)32(3,4)5)18-20-29(34-6)27-16-13-17-28(22-27)36-23-26-14-11-10-12-15-26/h10-17,19,21-22,24-25,29,31H,18,20,23H2,1-9H3/b21-19-/t24-,25-,29-,31+/m0/s1. The summed E-state index contributed by atoms with van der Waals surface area (Å²) < 4.78 is 23.7. The maximum Gasteiger partial charge on any atom is 0.330 e. The summed E-state index contributed by atoms with van der Waals surface area (Å²) in [7, 11) is 1.13. The van der Waals surface area contributed by atoms with Crippen LogP contribution in [-0.2, 0) is 25.3 Å². The molecule has 0 N–H and O–H groups in total. The molecular formula is C32H48O5Si. The maximum atomic E-state index is 11.8. The van der Waals surface area contributed by atoms with Crippen molar-refractivity contribution in [2.45, 2.75) is 84.4 Å². The van der Waals surface area contributed by atoms with E-state index in [1.54, 1.807) is 7.11 Å². The molecule has 0 saturated heterocycles. The van der Waals surface area contributed by atoms with Gasteiger partial charge in [0.05, 0.1) is 19.3 Å². The Kier molecular flexibility index (Phi) is 12.3. The predicted molar refractivity (Wildman–Crippen MR) is 158 cm³/mol. The van der Waals surface area contributed by atoms with Crippen molar-refractivity contribution < 1.29 is 23.4 Å². The van der Waals surface area contributed by atoms with Gasteiger partial charge in [-0.3, -0.25) is 0 Å². The zero-order valence-electron chi connectivity index (χ0n) is 24.8. The molecule has 0 aliphatic heterocycles. The van der Waals surface area contributed by atoms with E-state index in [1.165, 1.54) is 13.2 Å². The molecule has 2 aromatic rings. The fourth-order valence-corrected chi connectivity index (χ4v) is 5.69. The number of hydrogen-bond acceptors (Lipinski definition) is 5. The number of rotatable bonds is 14. The highest BCUT2D eigenvalue weighted by molar-refractivity contribution is 6.74. The molecule has 0 saturated carbocycles. The van der Waals surface area contributed by atoms with Gasteiger partial charge in [-0.05, 0) is 66.1 Å². The average Bonchev–Trinajstić information content (AvgIpc) is 2.89. The van der Waals surface area contributed by atoms with E-state index < -0.39 is 8.32 Å². The molecule has 38 heavy (non-hydrogen) atoms. The lowest BCUT2D eigenvalue weighted by molar-refractivity contribution is -0.134. The van der Waals surface area contributed by atoms with E-state index in [9.17, 15) is 4.79 Å². The first-order valence-corrected chi connectivity index (χ1v) is 16.5. The normalized spacial score (nSPS) is 15.6. The van der Waals surface area contributed by atoms with E-state index in [0.717, 1.165) is 29.7 Å². The van der Waals surface area contributed by atoms with Crippen molar-refractivity contribution in [3.05, 3.63) is 77.9 Å². The molecule has 210 valence electrons. The van der Waals surface area contributed by atoms with Crippen LogP contribution in [-0.4, -0.2) is 34.6 Å². The number of hydrogen-bond donors (Lipinski definition) is 0. The van der Waals surface area contributed by atoms with Crippen molar-refractivity contribution >= 4 is 14.3 Å². The predicted octanol–water partition coefficient (Wildman–Crippen LogP) is 8.13. The van der Waals surface area contributed by atoms with E-state index in [4.69, 9.17) is 18.6 Å². The molecule has 0 aromatic heterocycles. The number of carbonyl (C=O) groups excluding carboxylic acids is 1. The highest BCUT2D eigenvalue weighted by atomic mass is 28.4. The first-order valence-electron chi connectivity index (χ1n) is 13.6. The lowest BCUT2D eigenvalue weighted by Gasteiger charge is -2.42. The molecule has 0 unspecified atom stereocenters. The Hall–Kier alpha value is -2.41. The van der Waals surface area contributed by atoms with Gasteiger partial charge in [0.25, 0.3) is 0 Å². The highest BCUT2D eigenvalue weighted by Gasteiger charge is 2.41. The molecule has 0 bridgehead atoms. The van der Waals surface area contributed by atoms with Crippen LogP contribution in [0.25, 0.3) is 0 Å². The summed E-state index contributed by atoms with van der Waals surface area (Å²) in [6.45, 7) is 16.2. The molecular weight excluding hydrogens is 492 g/mol. The molecule has 0 fully saturated rings. The average molecular weight is 541 g/mol. The third-order valence-corrected chi connectivity index (χ3v) is 12.2. The van der Waals surface area contributed by atoms with Crippen molar-refractivity contribution in [3.8, 4) is 5.75 Å². The van der Waals surface area contributed by atoms with Gasteiger partial charge in [0.15, 0.2) is 8.32 Å². The Morgan fingerprint density at radius 2 is 1.66 bits per heavy atom. The van der Waals surface area contributed by atoms with Gasteiger partial charge in [0.1, 0.15) is 12.4 Å². The smallest absolute Gasteiger partial charge is 0.330 e. The van der Waals surface area contributed by atoms with Gasteiger partial charge in [-0.2, -0.15) is 0 Å². The molecule has 0 amide bonds. The van der Waals surface area contributed by atoms with Crippen LogP contribution in [0.3, 0.4) is 0 Å². The van der Waals surface area contributed by atoms with Gasteiger partial charge in [0, 0.05) is 13.2 Å². The third-order valence-electron chi connectivity index (χ3n) is 7.70. The van der Waals surface area contributed by atoms with Crippen LogP contribution < -0.4 is 4.74 Å². The first kappa shape index (κ1) is 31.8. The van der Waals surface area contributed by atoms with Gasteiger partial charge in [-0.1, -0.05) is 83.2 Å². The molecule has 0 spiro atoms. The monoisotopic (exact) mass is 540 g/mol. The van der Waals surface area contributed by atoms with Crippen LogP contribution in [0.1, 0.15) is 64.7 Å². The minimum atomic E-state index is -2.03. The second kappa shape index (κ2) is 14.7. The van der Waals surface area contributed by atoms with Crippen LogP contribution in [0.5, 0.6) is 5.75 Å². The summed E-state index contributed by atoms with van der Waals surface area (Å²) in [5.41, 5.74) is 2.24. The summed E-state index contributed by atoms with van der Waals surface area (Å²) in [4.78, 5) is 11.8. The second-order valence-corrected chi connectivity index (χ2v) is 16.5. The fourth-order valence-electron chi connectivity index (χ4n) is 4.21. The molecule has 0 aliphatic carbocycles. The molecule has 5 nitrogen and oxygen atoms in total. The zero-order chi connectivity index (χ0) is 28.3. The van der Waals surface area contributed by atoms with Crippen LogP contribution in [0, 0.1) is 11.8 Å². The first-order chi connectivity index (χ1) is 17.9. The summed E-state index contributed by atoms with van der Waals surface area (Å²) in [6.07, 6.45) is 5.13. The molecule has 6 heteroatoms. The van der Waals surface area contributed by atoms with Gasteiger partial charge in [-0.25, -0.2) is 4.79 Å². The van der Waals surface area contributed by atoms with E-state index >= 15 is 0 Å². The van der Waals surface area contributed by atoms with E-state index in [2.05, 4.69) is 72.0 Å². The largest absolute Gasteiger partial charge is 0.489 e. The minimum absolute atomic E-state index is 0.0187. The minimum Gasteiger partial charge on any atom is -0.489 e. The zero-order valence-corrected chi connectivity index (χ0v) is 25.8. The van der Waals surface area contributed by atoms with Crippen LogP contribution in [0.15, 0.2) is 66.7 Å². The van der Waals surface area contributed by atoms with Crippen LogP contribution >= 0.6 is 0 Å². The van der Waals surface area contributed by atoms with Crippen molar-refractivity contribution in [1.29, 1.82) is 0 Å².